The molecule has 4 heterocycles. The summed E-state index contributed by atoms with van der Waals surface area (Å²) in [5.74, 6) is -2.90. The van der Waals surface area contributed by atoms with Gasteiger partial charge >= 0.3 is 17.9 Å². The fourth-order valence-corrected chi connectivity index (χ4v) is 7.43. The van der Waals surface area contributed by atoms with E-state index in [1.165, 1.54) is 0 Å². The summed E-state index contributed by atoms with van der Waals surface area (Å²) in [4.78, 5) is 102. The number of amides is 3. The molecule has 7 rings (SSSR count). The van der Waals surface area contributed by atoms with E-state index in [-0.39, 0.29) is 37.4 Å². The zero-order valence-electron chi connectivity index (χ0n) is 29.7. The van der Waals surface area contributed by atoms with Crippen LogP contribution in [0.5, 0.6) is 0 Å². The molecule has 3 aromatic carbocycles. The van der Waals surface area contributed by atoms with Crippen LogP contribution in [0.4, 0.5) is 0 Å². The highest BCUT2D eigenvalue weighted by Crippen LogP contribution is 2.25. The first kappa shape index (κ1) is 36.7. The highest BCUT2D eigenvalue weighted by molar-refractivity contribution is 5.93. The first-order valence-electron chi connectivity index (χ1n) is 18.2. The lowest BCUT2D eigenvalue weighted by Crippen LogP contribution is -2.49. The van der Waals surface area contributed by atoms with E-state index >= 15 is 0 Å². The summed E-state index contributed by atoms with van der Waals surface area (Å²) in [6, 6.07) is 23.6. The van der Waals surface area contributed by atoms with Crippen molar-refractivity contribution < 1.29 is 43.3 Å². The van der Waals surface area contributed by atoms with Gasteiger partial charge in [-0.15, -0.1) is 0 Å². The Morgan fingerprint density at radius 1 is 0.389 bits per heavy atom. The number of hydrogen-bond donors (Lipinski definition) is 0. The lowest BCUT2D eigenvalue weighted by Gasteiger charge is -2.31. The normalized spacial score (nSPS) is 23.2. The molecule has 4 fully saturated rings. The van der Waals surface area contributed by atoms with Gasteiger partial charge in [0.05, 0.1) is 54.5 Å². The average Bonchev–Trinajstić information content (AvgIpc) is 3.89. The van der Waals surface area contributed by atoms with Gasteiger partial charge in [0.2, 0.25) is 0 Å². The molecule has 3 amide bonds. The van der Waals surface area contributed by atoms with E-state index in [0.29, 0.717) is 75.2 Å². The largest absolute Gasteiger partial charge is 0.363 e. The molecule has 3 aromatic rings. The Bertz CT molecular complexity index is 1620. The van der Waals surface area contributed by atoms with Crippen LogP contribution in [0.3, 0.4) is 0 Å². The number of rotatable bonds is 9. The Hall–Kier alpha value is -5.64. The lowest BCUT2D eigenvalue weighted by atomic mass is 10.2. The van der Waals surface area contributed by atoms with E-state index in [4.69, 9.17) is 14.5 Å². The van der Waals surface area contributed by atoms with Crippen LogP contribution in [0.25, 0.3) is 0 Å². The smallest absolute Gasteiger partial charge is 0.333 e. The highest BCUT2D eigenvalue weighted by Gasteiger charge is 2.44. The Morgan fingerprint density at radius 3 is 0.870 bits per heavy atom. The summed E-state index contributed by atoms with van der Waals surface area (Å²) in [7, 11) is 0. The zero-order chi connectivity index (χ0) is 37.6. The van der Waals surface area contributed by atoms with Crippen molar-refractivity contribution in [2.24, 2.45) is 0 Å². The molecular formula is C39H42N6O9. The standard InChI is InChI=1S/C39H42N6O9/c46-34-31(16-19-43(34)52-37(49)28-10-4-1-5-11-28)40-22-24-41(32-17-20-44(35(32)47)53-38(50)29-12-6-2-7-13-29)26-27-42(25-23-40)33-18-21-45(36(33)48)54-39(51)30-14-8-3-9-15-30/h1-15,31-33H,16-27H2. The van der Waals surface area contributed by atoms with Crippen molar-refractivity contribution in [1.82, 2.24) is 29.9 Å². The van der Waals surface area contributed by atoms with E-state index in [1.54, 1.807) is 91.0 Å². The van der Waals surface area contributed by atoms with Gasteiger partial charge in [-0.3, -0.25) is 29.1 Å². The second-order valence-corrected chi connectivity index (χ2v) is 13.6. The number of hydroxylamine groups is 6. The van der Waals surface area contributed by atoms with Gasteiger partial charge in [0, 0.05) is 39.3 Å². The van der Waals surface area contributed by atoms with Crippen LogP contribution in [0, 0.1) is 0 Å². The van der Waals surface area contributed by atoms with Crippen LogP contribution in [0.1, 0.15) is 50.3 Å². The van der Waals surface area contributed by atoms with E-state index in [0.717, 1.165) is 15.2 Å². The maximum absolute atomic E-state index is 13.7. The Balaban J connectivity index is 1.06. The molecule has 0 saturated carbocycles. The molecule has 0 bridgehead atoms. The van der Waals surface area contributed by atoms with Gasteiger partial charge < -0.3 is 14.5 Å². The maximum atomic E-state index is 13.7. The van der Waals surface area contributed by atoms with Crippen LogP contribution >= 0.6 is 0 Å². The SMILES string of the molecule is O=C(ON1CCC(N2CCN(C3CCN(OC(=O)c4ccccc4)C3=O)CCN(C3CCN(OC(=O)c4ccccc4)C3=O)CC2)C1=O)c1ccccc1. The topological polar surface area (TPSA) is 150 Å². The molecular weight excluding hydrogens is 696 g/mol. The average molecular weight is 739 g/mol. The van der Waals surface area contributed by atoms with Crippen LogP contribution in [-0.2, 0) is 28.9 Å². The second-order valence-electron chi connectivity index (χ2n) is 13.6. The molecule has 54 heavy (non-hydrogen) atoms. The molecule has 15 nitrogen and oxygen atoms in total. The van der Waals surface area contributed by atoms with E-state index in [2.05, 4.69) is 0 Å². The van der Waals surface area contributed by atoms with Gasteiger partial charge in [0.25, 0.3) is 17.7 Å². The van der Waals surface area contributed by atoms with Crippen LogP contribution in [0.15, 0.2) is 91.0 Å². The van der Waals surface area contributed by atoms with Crippen molar-refractivity contribution in [2.45, 2.75) is 37.4 Å². The fourth-order valence-electron chi connectivity index (χ4n) is 7.43. The second kappa shape index (κ2) is 16.6. The molecule has 0 spiro atoms. The van der Waals surface area contributed by atoms with Crippen molar-refractivity contribution >= 4 is 35.6 Å². The van der Waals surface area contributed by atoms with Gasteiger partial charge in [-0.25, -0.2) is 14.4 Å². The van der Waals surface area contributed by atoms with Crippen molar-refractivity contribution in [2.75, 3.05) is 58.9 Å². The number of benzene rings is 3. The molecule has 4 saturated heterocycles. The summed E-state index contributed by atoms with van der Waals surface area (Å²) < 4.78 is 0. The molecule has 4 aliphatic rings. The predicted molar refractivity (Wildman–Crippen MR) is 191 cm³/mol. The molecule has 282 valence electrons. The third-order valence-corrected chi connectivity index (χ3v) is 10.4. The predicted octanol–water partition coefficient (Wildman–Crippen LogP) is 2.02. The van der Waals surface area contributed by atoms with Gasteiger partial charge in [0.15, 0.2) is 0 Å². The van der Waals surface area contributed by atoms with Gasteiger partial charge in [-0.1, -0.05) is 54.6 Å². The van der Waals surface area contributed by atoms with Crippen molar-refractivity contribution in [3.63, 3.8) is 0 Å². The minimum absolute atomic E-state index is 0.220. The summed E-state index contributed by atoms with van der Waals surface area (Å²) in [6.45, 7) is 3.15. The van der Waals surface area contributed by atoms with Crippen LogP contribution < -0.4 is 0 Å². The summed E-state index contributed by atoms with van der Waals surface area (Å²) in [5, 5.41) is 3.34. The maximum Gasteiger partial charge on any atom is 0.363 e. The highest BCUT2D eigenvalue weighted by atomic mass is 16.7. The number of carbonyl (C=O) groups excluding carboxylic acids is 6. The molecule has 15 heteroatoms. The van der Waals surface area contributed by atoms with Crippen molar-refractivity contribution in [3.05, 3.63) is 108 Å². The summed E-state index contributed by atoms with van der Waals surface area (Å²) in [5.41, 5.74) is 0.992. The van der Waals surface area contributed by atoms with Gasteiger partial charge in [-0.05, 0) is 55.7 Å². The van der Waals surface area contributed by atoms with Crippen molar-refractivity contribution in [1.29, 1.82) is 0 Å². The minimum atomic E-state index is -0.624. The first-order valence-corrected chi connectivity index (χ1v) is 18.2. The summed E-state index contributed by atoms with van der Waals surface area (Å²) >= 11 is 0. The van der Waals surface area contributed by atoms with Crippen LogP contribution in [-0.4, -0.2) is 143 Å². The quantitative estimate of drug-likeness (QED) is 0.316. The van der Waals surface area contributed by atoms with E-state index in [9.17, 15) is 28.8 Å². The zero-order valence-corrected chi connectivity index (χ0v) is 29.7. The number of carbonyl (C=O) groups is 6. The molecule has 0 aliphatic carbocycles. The molecule has 3 atom stereocenters. The van der Waals surface area contributed by atoms with Gasteiger partial charge in [-0.2, -0.15) is 15.2 Å². The fraction of sp³-hybridized carbons (Fsp3) is 0.385. The summed E-state index contributed by atoms with van der Waals surface area (Å²) in [6.07, 6.45) is 1.24. The number of hydrogen-bond acceptors (Lipinski definition) is 12. The van der Waals surface area contributed by atoms with Crippen LogP contribution in [0.2, 0.25) is 0 Å². The third kappa shape index (κ3) is 8.12. The molecule has 3 unspecified atom stereocenters. The lowest BCUT2D eigenvalue weighted by molar-refractivity contribution is -0.163. The number of nitrogens with zero attached hydrogens (tertiary/aromatic N) is 6. The Labute approximate surface area is 312 Å². The minimum Gasteiger partial charge on any atom is -0.333 e. The molecule has 0 aromatic heterocycles. The monoisotopic (exact) mass is 738 g/mol. The van der Waals surface area contributed by atoms with Gasteiger partial charge in [0.1, 0.15) is 0 Å². The van der Waals surface area contributed by atoms with Crippen molar-refractivity contribution in [3.8, 4) is 0 Å². The molecule has 0 N–H and O–H groups in total. The van der Waals surface area contributed by atoms with E-state index < -0.39 is 36.0 Å². The molecule has 4 aliphatic heterocycles. The molecule has 0 radical (unpaired) electrons. The Morgan fingerprint density at radius 2 is 0.630 bits per heavy atom. The third-order valence-electron chi connectivity index (χ3n) is 10.4. The first-order chi connectivity index (χ1) is 26.3. The van der Waals surface area contributed by atoms with E-state index in [1.807, 2.05) is 14.7 Å². The Kier molecular flexibility index (Phi) is 11.3.